The largest absolute Gasteiger partial charge is 0.423 e. The molecule has 0 N–H and O–H groups in total. The fourth-order valence-electron chi connectivity index (χ4n) is 4.31. The molecule has 2 aromatic heterocycles. The number of hydrogen-bond acceptors (Lipinski definition) is 7. The van der Waals surface area contributed by atoms with Crippen LogP contribution in [0.15, 0.2) is 34.9 Å². The second-order valence-electron chi connectivity index (χ2n) is 7.67. The molecule has 0 radical (unpaired) electrons. The van der Waals surface area contributed by atoms with Crippen molar-refractivity contribution in [1.82, 2.24) is 24.9 Å². The van der Waals surface area contributed by atoms with Crippen LogP contribution in [0.25, 0.3) is 11.1 Å². The van der Waals surface area contributed by atoms with Gasteiger partial charge in [-0.3, -0.25) is 4.79 Å². The Morgan fingerprint density at radius 2 is 2.17 bits per heavy atom. The van der Waals surface area contributed by atoms with E-state index in [4.69, 9.17) is 9.15 Å². The highest BCUT2D eigenvalue weighted by Crippen LogP contribution is 2.31. The summed E-state index contributed by atoms with van der Waals surface area (Å²) in [7, 11) is 1.64. The number of para-hydroxylation sites is 2. The van der Waals surface area contributed by atoms with Crippen LogP contribution in [0.1, 0.15) is 31.0 Å². The van der Waals surface area contributed by atoms with Gasteiger partial charge >= 0.3 is 0 Å². The molecule has 152 valence electrons. The van der Waals surface area contributed by atoms with Crippen LogP contribution in [0.5, 0.6) is 0 Å². The number of hydrogen-bond donors (Lipinski definition) is 0. The van der Waals surface area contributed by atoms with E-state index in [2.05, 4.69) is 15.3 Å². The highest BCUT2D eigenvalue weighted by molar-refractivity contribution is 5.86. The van der Waals surface area contributed by atoms with E-state index in [1.54, 1.807) is 7.11 Å². The highest BCUT2D eigenvalue weighted by Gasteiger charge is 2.39. The predicted octanol–water partition coefficient (Wildman–Crippen LogP) is 2.01. The van der Waals surface area contributed by atoms with Crippen molar-refractivity contribution in [2.45, 2.75) is 38.0 Å². The minimum atomic E-state index is -0.221. The summed E-state index contributed by atoms with van der Waals surface area (Å²) in [4.78, 5) is 21.8. The van der Waals surface area contributed by atoms with Gasteiger partial charge in [0.1, 0.15) is 17.3 Å². The summed E-state index contributed by atoms with van der Waals surface area (Å²) < 4.78 is 12.9. The zero-order valence-electron chi connectivity index (χ0n) is 16.4. The minimum absolute atomic E-state index is 0.143. The van der Waals surface area contributed by atoms with Gasteiger partial charge in [0.05, 0.1) is 18.8 Å². The van der Waals surface area contributed by atoms with E-state index < -0.39 is 0 Å². The number of benzene rings is 1. The van der Waals surface area contributed by atoms with Crippen molar-refractivity contribution in [2.24, 2.45) is 0 Å². The smallest absolute Gasteiger partial charge is 0.299 e. The quantitative estimate of drug-likeness (QED) is 0.652. The van der Waals surface area contributed by atoms with Gasteiger partial charge in [-0.2, -0.15) is 4.98 Å². The molecule has 1 amide bonds. The molecule has 5 rings (SSSR count). The number of amides is 1. The van der Waals surface area contributed by atoms with E-state index in [1.165, 1.54) is 0 Å². The topological polar surface area (TPSA) is 89.5 Å². The van der Waals surface area contributed by atoms with Crippen molar-refractivity contribution in [3.63, 3.8) is 0 Å². The molecule has 0 spiro atoms. The van der Waals surface area contributed by atoms with Crippen molar-refractivity contribution < 1.29 is 13.9 Å². The molecular formula is C20H24N6O3. The molecule has 2 fully saturated rings. The van der Waals surface area contributed by atoms with Gasteiger partial charge in [-0.05, 0) is 31.4 Å². The van der Waals surface area contributed by atoms with Gasteiger partial charge < -0.3 is 19.0 Å². The van der Waals surface area contributed by atoms with Crippen LogP contribution in [0.3, 0.4) is 0 Å². The number of nitrogens with zero attached hydrogens (tertiary/aromatic N) is 6. The molecule has 1 aromatic carbocycles. The molecule has 3 aromatic rings. The Morgan fingerprint density at radius 3 is 3.03 bits per heavy atom. The summed E-state index contributed by atoms with van der Waals surface area (Å²) in [6.07, 6.45) is 4.55. The fourth-order valence-corrected chi connectivity index (χ4v) is 4.31. The molecule has 2 aliphatic heterocycles. The van der Waals surface area contributed by atoms with Crippen molar-refractivity contribution >= 4 is 23.0 Å². The van der Waals surface area contributed by atoms with Crippen LogP contribution < -0.4 is 4.90 Å². The van der Waals surface area contributed by atoms with Gasteiger partial charge in [0.25, 0.3) is 6.01 Å². The molecule has 2 saturated heterocycles. The lowest BCUT2D eigenvalue weighted by Crippen LogP contribution is -2.45. The Kier molecular flexibility index (Phi) is 4.67. The summed E-state index contributed by atoms with van der Waals surface area (Å²) in [5.74, 6) is 0.143. The Bertz CT molecular complexity index is 981. The van der Waals surface area contributed by atoms with Crippen LogP contribution in [0.4, 0.5) is 6.01 Å². The summed E-state index contributed by atoms with van der Waals surface area (Å²) in [6.45, 7) is 2.59. The van der Waals surface area contributed by atoms with Gasteiger partial charge in [-0.15, -0.1) is 5.10 Å². The van der Waals surface area contributed by atoms with E-state index >= 15 is 0 Å². The second kappa shape index (κ2) is 7.47. The Labute approximate surface area is 168 Å². The van der Waals surface area contributed by atoms with E-state index in [0.717, 1.165) is 49.1 Å². The summed E-state index contributed by atoms with van der Waals surface area (Å²) in [5.41, 5.74) is 2.37. The van der Waals surface area contributed by atoms with Gasteiger partial charge in [0.2, 0.25) is 5.91 Å². The second-order valence-corrected chi connectivity index (χ2v) is 7.67. The average Bonchev–Trinajstić information content (AvgIpc) is 3.52. The van der Waals surface area contributed by atoms with Crippen molar-refractivity contribution in [2.75, 3.05) is 31.6 Å². The van der Waals surface area contributed by atoms with Crippen molar-refractivity contribution in [3.8, 4) is 0 Å². The number of rotatable bonds is 5. The zero-order chi connectivity index (χ0) is 19.8. The molecule has 9 nitrogen and oxygen atoms in total. The number of oxazole rings is 1. The van der Waals surface area contributed by atoms with Crippen LogP contribution >= 0.6 is 0 Å². The molecule has 2 atom stereocenters. The van der Waals surface area contributed by atoms with Crippen LogP contribution in [0, 0.1) is 0 Å². The number of aromatic nitrogens is 4. The molecule has 2 aliphatic rings. The summed E-state index contributed by atoms with van der Waals surface area (Å²) in [6, 6.07) is 8.16. The monoisotopic (exact) mass is 396 g/mol. The first kappa shape index (κ1) is 18.1. The standard InChI is InChI=1S/C20H24N6O3/c1-28-13-14-11-26(23-22-14)15-8-10-24(12-15)19(27)17-6-4-9-25(17)20-21-16-5-2-3-7-18(16)29-20/h2-3,5,7,11,15,17H,4,6,8-10,12-13H2,1H3. The molecule has 2 unspecified atom stereocenters. The van der Waals surface area contributed by atoms with Gasteiger partial charge in [-0.1, -0.05) is 17.3 Å². The Hall–Kier alpha value is -2.94. The molecule has 29 heavy (non-hydrogen) atoms. The van der Waals surface area contributed by atoms with Crippen molar-refractivity contribution in [1.29, 1.82) is 0 Å². The maximum absolute atomic E-state index is 13.3. The number of methoxy groups -OCH3 is 1. The predicted molar refractivity (Wildman–Crippen MR) is 105 cm³/mol. The number of carbonyl (C=O) groups is 1. The highest BCUT2D eigenvalue weighted by atomic mass is 16.5. The number of carbonyl (C=O) groups excluding carboxylic acids is 1. The van der Waals surface area contributed by atoms with Crippen LogP contribution in [-0.2, 0) is 16.1 Å². The lowest BCUT2D eigenvalue weighted by atomic mass is 10.2. The normalized spacial score (nSPS) is 22.1. The SMILES string of the molecule is COCc1cn(C2CCN(C(=O)C3CCCN3c3nc4ccccc4o3)C2)nn1. The van der Waals surface area contributed by atoms with E-state index in [1.807, 2.05) is 44.9 Å². The van der Waals surface area contributed by atoms with Crippen LogP contribution in [0.2, 0.25) is 0 Å². The molecule has 0 saturated carbocycles. The summed E-state index contributed by atoms with van der Waals surface area (Å²) >= 11 is 0. The number of fused-ring (bicyclic) bond motifs is 1. The number of anilines is 1. The Balaban J connectivity index is 1.29. The molecular weight excluding hydrogens is 372 g/mol. The van der Waals surface area contributed by atoms with Gasteiger partial charge in [0.15, 0.2) is 5.58 Å². The third-order valence-corrected chi connectivity index (χ3v) is 5.77. The average molecular weight is 396 g/mol. The maximum Gasteiger partial charge on any atom is 0.299 e. The number of likely N-dealkylation sites (tertiary alicyclic amines) is 1. The fraction of sp³-hybridized carbons (Fsp3) is 0.500. The number of ether oxygens (including phenoxy) is 1. The first-order chi connectivity index (χ1) is 14.2. The molecule has 0 aliphatic carbocycles. The summed E-state index contributed by atoms with van der Waals surface area (Å²) in [5, 5.41) is 8.33. The third kappa shape index (κ3) is 3.35. The van der Waals surface area contributed by atoms with Gasteiger partial charge in [-0.25, -0.2) is 4.68 Å². The van der Waals surface area contributed by atoms with Crippen molar-refractivity contribution in [3.05, 3.63) is 36.2 Å². The van der Waals surface area contributed by atoms with Crippen LogP contribution in [-0.4, -0.2) is 63.6 Å². The van der Waals surface area contributed by atoms with E-state index in [9.17, 15) is 4.79 Å². The first-order valence-corrected chi connectivity index (χ1v) is 10.0. The molecule has 4 heterocycles. The van der Waals surface area contributed by atoms with E-state index in [-0.39, 0.29) is 18.0 Å². The lowest BCUT2D eigenvalue weighted by molar-refractivity contribution is -0.131. The third-order valence-electron chi connectivity index (χ3n) is 5.77. The van der Waals surface area contributed by atoms with E-state index in [0.29, 0.717) is 19.2 Å². The minimum Gasteiger partial charge on any atom is -0.423 e. The molecule has 9 heteroatoms. The van der Waals surface area contributed by atoms with Gasteiger partial charge in [0, 0.05) is 26.7 Å². The lowest BCUT2D eigenvalue weighted by Gasteiger charge is -2.26. The first-order valence-electron chi connectivity index (χ1n) is 10.0. The Morgan fingerprint density at radius 1 is 1.28 bits per heavy atom. The molecule has 0 bridgehead atoms. The zero-order valence-corrected chi connectivity index (χ0v) is 16.4. The maximum atomic E-state index is 13.3.